The molecule has 1 atom stereocenters. The van der Waals surface area contributed by atoms with Crippen molar-refractivity contribution in [2.75, 3.05) is 31.1 Å². The van der Waals surface area contributed by atoms with Gasteiger partial charge >= 0.3 is 6.03 Å². The van der Waals surface area contributed by atoms with Gasteiger partial charge in [0.2, 0.25) is 11.9 Å². The van der Waals surface area contributed by atoms with E-state index >= 15 is 0 Å². The van der Waals surface area contributed by atoms with Crippen LogP contribution in [0.3, 0.4) is 0 Å². The van der Waals surface area contributed by atoms with Gasteiger partial charge < -0.3 is 9.80 Å². The summed E-state index contributed by atoms with van der Waals surface area (Å²) < 4.78 is 0. The average Bonchev–Trinajstić information content (AvgIpc) is 2.65. The summed E-state index contributed by atoms with van der Waals surface area (Å²) in [5, 5.41) is 2.61. The number of amides is 3. The summed E-state index contributed by atoms with van der Waals surface area (Å²) in [5.74, 6) is 1.03. The SMILES string of the molecule is CCC[C@@H](CCC(C)C)C(=O)NC(=O)N1CCN(c2ncccn2)CC1. The number of carbonyl (C=O) groups is 2. The summed E-state index contributed by atoms with van der Waals surface area (Å²) >= 11 is 0. The Morgan fingerprint density at radius 2 is 1.73 bits per heavy atom. The highest BCUT2D eigenvalue weighted by Crippen LogP contribution is 2.18. The Balaban J connectivity index is 1.82. The lowest BCUT2D eigenvalue weighted by atomic mass is 9.93. The minimum Gasteiger partial charge on any atom is -0.337 e. The maximum atomic E-state index is 12.5. The lowest BCUT2D eigenvalue weighted by molar-refractivity contribution is -0.124. The minimum absolute atomic E-state index is 0.0784. The Hall–Kier alpha value is -2.18. The number of anilines is 1. The summed E-state index contributed by atoms with van der Waals surface area (Å²) in [7, 11) is 0. The molecule has 1 aromatic heterocycles. The molecule has 0 saturated carbocycles. The molecule has 1 fully saturated rings. The van der Waals surface area contributed by atoms with Crippen LogP contribution in [0.25, 0.3) is 0 Å². The molecule has 0 aromatic carbocycles. The first kappa shape index (κ1) is 20.1. The quantitative estimate of drug-likeness (QED) is 0.808. The number of hydrogen-bond acceptors (Lipinski definition) is 5. The maximum Gasteiger partial charge on any atom is 0.324 e. The predicted molar refractivity (Wildman–Crippen MR) is 102 cm³/mol. The fraction of sp³-hybridized carbons (Fsp3) is 0.684. The van der Waals surface area contributed by atoms with Crippen molar-refractivity contribution < 1.29 is 9.59 Å². The monoisotopic (exact) mass is 361 g/mol. The number of nitrogens with zero attached hydrogens (tertiary/aromatic N) is 4. The summed E-state index contributed by atoms with van der Waals surface area (Å²) in [6, 6.07) is 1.50. The Morgan fingerprint density at radius 1 is 1.08 bits per heavy atom. The molecular weight excluding hydrogens is 330 g/mol. The number of hydrogen-bond donors (Lipinski definition) is 1. The lowest BCUT2D eigenvalue weighted by Crippen LogP contribution is -2.53. The smallest absolute Gasteiger partial charge is 0.324 e. The van der Waals surface area contributed by atoms with Crippen molar-refractivity contribution in [3.05, 3.63) is 18.5 Å². The average molecular weight is 361 g/mol. The van der Waals surface area contributed by atoms with Crippen molar-refractivity contribution in [3.63, 3.8) is 0 Å². The van der Waals surface area contributed by atoms with Crippen LogP contribution in [0.2, 0.25) is 0 Å². The number of urea groups is 1. The molecule has 7 heteroatoms. The van der Waals surface area contributed by atoms with Crippen molar-refractivity contribution in [1.29, 1.82) is 0 Å². The van der Waals surface area contributed by atoms with Crippen molar-refractivity contribution in [2.45, 2.75) is 46.5 Å². The molecule has 2 heterocycles. The van der Waals surface area contributed by atoms with Crippen molar-refractivity contribution in [2.24, 2.45) is 11.8 Å². The van der Waals surface area contributed by atoms with Crippen LogP contribution in [0.5, 0.6) is 0 Å². The largest absolute Gasteiger partial charge is 0.337 e. The van der Waals surface area contributed by atoms with Crippen LogP contribution >= 0.6 is 0 Å². The number of nitrogens with one attached hydrogen (secondary N) is 1. The molecule has 1 N–H and O–H groups in total. The molecule has 0 unspecified atom stereocenters. The van der Waals surface area contributed by atoms with Gasteiger partial charge in [-0.05, 0) is 24.8 Å². The summed E-state index contributed by atoms with van der Waals surface area (Å²) in [6.45, 7) is 8.82. The second-order valence-electron chi connectivity index (χ2n) is 7.27. The third kappa shape index (κ3) is 5.97. The molecule has 0 bridgehead atoms. The first-order valence-electron chi connectivity index (χ1n) is 9.63. The molecule has 26 heavy (non-hydrogen) atoms. The van der Waals surface area contributed by atoms with Gasteiger partial charge in [0, 0.05) is 44.5 Å². The van der Waals surface area contributed by atoms with Crippen molar-refractivity contribution >= 4 is 17.9 Å². The number of imide groups is 1. The molecule has 0 aliphatic carbocycles. The van der Waals surface area contributed by atoms with E-state index in [4.69, 9.17) is 0 Å². The van der Waals surface area contributed by atoms with E-state index in [0.29, 0.717) is 38.0 Å². The first-order valence-corrected chi connectivity index (χ1v) is 9.63. The Labute approximate surface area is 156 Å². The summed E-state index contributed by atoms with van der Waals surface area (Å²) in [5.41, 5.74) is 0. The fourth-order valence-corrected chi connectivity index (χ4v) is 3.14. The first-order chi connectivity index (χ1) is 12.5. The lowest BCUT2D eigenvalue weighted by Gasteiger charge is -2.34. The molecule has 1 saturated heterocycles. The van der Waals surface area contributed by atoms with E-state index in [0.717, 1.165) is 25.7 Å². The van der Waals surface area contributed by atoms with E-state index in [1.165, 1.54) is 0 Å². The van der Waals surface area contributed by atoms with Crippen LogP contribution in [-0.2, 0) is 4.79 Å². The van der Waals surface area contributed by atoms with Gasteiger partial charge in [0.25, 0.3) is 0 Å². The van der Waals surface area contributed by atoms with Crippen LogP contribution in [0.1, 0.15) is 46.5 Å². The van der Waals surface area contributed by atoms with Gasteiger partial charge in [-0.2, -0.15) is 0 Å². The number of rotatable bonds is 7. The molecule has 0 radical (unpaired) electrons. The van der Waals surface area contributed by atoms with Gasteiger partial charge in [0.05, 0.1) is 0 Å². The van der Waals surface area contributed by atoms with Gasteiger partial charge in [0.15, 0.2) is 0 Å². The molecule has 0 spiro atoms. The number of piperazine rings is 1. The Bertz CT molecular complexity index is 571. The third-order valence-electron chi connectivity index (χ3n) is 4.73. The topological polar surface area (TPSA) is 78.4 Å². The second kappa shape index (κ2) is 10.1. The molecule has 144 valence electrons. The Kier molecular flexibility index (Phi) is 7.81. The zero-order valence-electron chi connectivity index (χ0n) is 16.1. The highest BCUT2D eigenvalue weighted by Gasteiger charge is 2.26. The van der Waals surface area contributed by atoms with Crippen molar-refractivity contribution in [1.82, 2.24) is 20.2 Å². The maximum absolute atomic E-state index is 12.5. The van der Waals surface area contributed by atoms with Crippen LogP contribution in [0.4, 0.5) is 10.7 Å². The number of aromatic nitrogens is 2. The van der Waals surface area contributed by atoms with Gasteiger partial charge in [0.1, 0.15) is 0 Å². The molecule has 1 aliphatic rings. The standard InChI is InChI=1S/C19H31N5O2/c1-4-6-16(8-7-15(2)3)17(25)22-19(26)24-13-11-23(12-14-24)18-20-9-5-10-21-18/h5,9-10,15-16H,4,6-8,11-14H2,1-3H3,(H,22,25,26)/t16-/m0/s1. The molecular formula is C19H31N5O2. The van der Waals surface area contributed by atoms with Gasteiger partial charge in [-0.15, -0.1) is 0 Å². The van der Waals surface area contributed by atoms with Gasteiger partial charge in [-0.1, -0.05) is 33.6 Å². The second-order valence-corrected chi connectivity index (χ2v) is 7.27. The normalized spacial score (nSPS) is 15.8. The van der Waals surface area contributed by atoms with Crippen molar-refractivity contribution in [3.8, 4) is 0 Å². The van der Waals surface area contributed by atoms with Gasteiger partial charge in [-0.3, -0.25) is 10.1 Å². The highest BCUT2D eigenvalue weighted by atomic mass is 16.2. The van der Waals surface area contributed by atoms with Gasteiger partial charge in [-0.25, -0.2) is 14.8 Å². The predicted octanol–water partition coefficient (Wildman–Crippen LogP) is 2.69. The summed E-state index contributed by atoms with van der Waals surface area (Å²) in [4.78, 5) is 37.2. The van der Waals surface area contributed by atoms with Crippen LogP contribution in [0, 0.1) is 11.8 Å². The summed E-state index contributed by atoms with van der Waals surface area (Å²) in [6.07, 6.45) is 7.03. The molecule has 7 nitrogen and oxygen atoms in total. The van der Waals surface area contributed by atoms with E-state index in [2.05, 4.69) is 36.1 Å². The van der Waals surface area contributed by atoms with Crippen LogP contribution in [0.15, 0.2) is 18.5 Å². The minimum atomic E-state index is -0.283. The third-order valence-corrected chi connectivity index (χ3v) is 4.73. The zero-order chi connectivity index (χ0) is 18.9. The van der Waals surface area contributed by atoms with E-state index in [1.54, 1.807) is 23.4 Å². The molecule has 1 aliphatic heterocycles. The number of carbonyl (C=O) groups excluding carboxylic acids is 2. The Morgan fingerprint density at radius 3 is 2.31 bits per heavy atom. The molecule has 3 amide bonds. The fourth-order valence-electron chi connectivity index (χ4n) is 3.14. The van der Waals surface area contributed by atoms with E-state index < -0.39 is 0 Å². The van der Waals surface area contributed by atoms with E-state index in [-0.39, 0.29) is 17.9 Å². The molecule has 2 rings (SSSR count). The van der Waals surface area contributed by atoms with Crippen LogP contribution in [-0.4, -0.2) is 53.0 Å². The van der Waals surface area contributed by atoms with E-state index in [1.807, 2.05) is 4.90 Å². The zero-order valence-corrected chi connectivity index (χ0v) is 16.1. The van der Waals surface area contributed by atoms with Crippen LogP contribution < -0.4 is 10.2 Å². The highest BCUT2D eigenvalue weighted by molar-refractivity contribution is 5.95. The van der Waals surface area contributed by atoms with E-state index in [9.17, 15) is 9.59 Å². The molecule has 1 aromatic rings.